The average Bonchev–Trinajstić information content (AvgIpc) is 2.34. The lowest BCUT2D eigenvalue weighted by molar-refractivity contribution is 0.344. The lowest BCUT2D eigenvalue weighted by atomic mass is 10.1. The van der Waals surface area contributed by atoms with Crippen LogP contribution in [0.15, 0.2) is 24.3 Å². The van der Waals surface area contributed by atoms with Crippen LogP contribution in [0.25, 0.3) is 0 Å². The molecule has 2 N–H and O–H groups in total. The van der Waals surface area contributed by atoms with Gasteiger partial charge in [-0.15, -0.1) is 0 Å². The van der Waals surface area contributed by atoms with Crippen molar-refractivity contribution in [2.75, 3.05) is 18.1 Å². The first-order valence-electron chi connectivity index (χ1n) is 5.84. The van der Waals surface area contributed by atoms with E-state index in [0.717, 1.165) is 30.3 Å². The van der Waals surface area contributed by atoms with E-state index in [4.69, 9.17) is 10.5 Å². The van der Waals surface area contributed by atoms with Gasteiger partial charge in [0.25, 0.3) is 0 Å². The highest BCUT2D eigenvalue weighted by molar-refractivity contribution is 7.99. The molecule has 0 fully saturated rings. The minimum atomic E-state index is 0.143. The fraction of sp³-hybridized carbons (Fsp3) is 0.538. The number of benzene rings is 1. The number of hydrogen-bond donors (Lipinski definition) is 1. The smallest absolute Gasteiger partial charge is 0.119 e. The van der Waals surface area contributed by atoms with Crippen LogP contribution >= 0.6 is 11.8 Å². The van der Waals surface area contributed by atoms with E-state index in [2.05, 4.69) is 26.0 Å². The van der Waals surface area contributed by atoms with Crippen molar-refractivity contribution in [1.29, 1.82) is 0 Å². The Kier molecular flexibility index (Phi) is 6.34. The van der Waals surface area contributed by atoms with Crippen LogP contribution in [0.5, 0.6) is 5.75 Å². The predicted molar refractivity (Wildman–Crippen MR) is 72.2 cm³/mol. The molecule has 1 aromatic carbocycles. The van der Waals surface area contributed by atoms with Crippen molar-refractivity contribution < 1.29 is 4.74 Å². The normalized spacial score (nSPS) is 12.4. The molecular weight excluding hydrogens is 218 g/mol. The minimum Gasteiger partial charge on any atom is -0.493 e. The maximum Gasteiger partial charge on any atom is 0.119 e. The van der Waals surface area contributed by atoms with E-state index >= 15 is 0 Å². The number of ether oxygens (including phenoxy) is 1. The Balaban J connectivity index is 2.39. The molecule has 3 heteroatoms. The largest absolute Gasteiger partial charge is 0.493 e. The quantitative estimate of drug-likeness (QED) is 0.742. The van der Waals surface area contributed by atoms with Crippen molar-refractivity contribution in [3.63, 3.8) is 0 Å². The van der Waals surface area contributed by atoms with Gasteiger partial charge in [-0.05, 0) is 29.9 Å². The molecule has 2 nitrogen and oxygen atoms in total. The van der Waals surface area contributed by atoms with E-state index < -0.39 is 0 Å². The van der Waals surface area contributed by atoms with E-state index in [1.807, 2.05) is 23.9 Å². The average molecular weight is 239 g/mol. The van der Waals surface area contributed by atoms with Gasteiger partial charge >= 0.3 is 0 Å². The van der Waals surface area contributed by atoms with Crippen LogP contribution in [0.3, 0.4) is 0 Å². The molecule has 0 spiro atoms. The second kappa shape index (κ2) is 7.58. The third-order valence-electron chi connectivity index (χ3n) is 2.45. The Labute approximate surface area is 103 Å². The molecular formula is C13H21NOS. The lowest BCUT2D eigenvalue weighted by Crippen LogP contribution is -2.08. The molecule has 0 radical (unpaired) electrons. The molecule has 0 saturated carbocycles. The molecule has 0 saturated heterocycles. The Morgan fingerprint density at radius 2 is 1.94 bits per heavy atom. The monoisotopic (exact) mass is 239 g/mol. The summed E-state index contributed by atoms with van der Waals surface area (Å²) < 4.78 is 5.61. The molecule has 1 unspecified atom stereocenters. The van der Waals surface area contributed by atoms with Crippen LogP contribution in [0.4, 0.5) is 0 Å². The maximum atomic E-state index is 5.94. The molecule has 0 aliphatic heterocycles. The Morgan fingerprint density at radius 1 is 1.25 bits per heavy atom. The van der Waals surface area contributed by atoms with Gasteiger partial charge in [0.2, 0.25) is 0 Å². The van der Waals surface area contributed by atoms with Gasteiger partial charge in [0, 0.05) is 11.8 Å². The molecule has 0 aliphatic carbocycles. The molecule has 0 heterocycles. The first-order chi connectivity index (χ1) is 7.77. The van der Waals surface area contributed by atoms with Gasteiger partial charge in [-0.25, -0.2) is 0 Å². The van der Waals surface area contributed by atoms with Crippen molar-refractivity contribution >= 4 is 11.8 Å². The summed E-state index contributed by atoms with van der Waals surface area (Å²) >= 11 is 1.89. The maximum absolute atomic E-state index is 5.94. The molecule has 90 valence electrons. The fourth-order valence-electron chi connectivity index (χ4n) is 1.41. The summed E-state index contributed by atoms with van der Waals surface area (Å²) in [6.45, 7) is 5.03. The van der Waals surface area contributed by atoms with Crippen molar-refractivity contribution in [3.8, 4) is 5.75 Å². The Bertz CT molecular complexity index is 286. The summed E-state index contributed by atoms with van der Waals surface area (Å²) in [6, 6.07) is 8.25. The van der Waals surface area contributed by atoms with Gasteiger partial charge in [-0.3, -0.25) is 0 Å². The predicted octanol–water partition coefficient (Wildman–Crippen LogP) is 3.23. The second-order valence-corrected chi connectivity index (χ2v) is 5.02. The van der Waals surface area contributed by atoms with E-state index in [1.54, 1.807) is 0 Å². The van der Waals surface area contributed by atoms with Gasteiger partial charge in [-0.2, -0.15) is 11.8 Å². The van der Waals surface area contributed by atoms with E-state index in [9.17, 15) is 0 Å². The summed E-state index contributed by atoms with van der Waals surface area (Å²) in [5.74, 6) is 3.13. The second-order valence-electron chi connectivity index (χ2n) is 3.63. The fourth-order valence-corrected chi connectivity index (χ4v) is 1.90. The zero-order valence-electron chi connectivity index (χ0n) is 10.1. The molecule has 0 amide bonds. The van der Waals surface area contributed by atoms with Crippen molar-refractivity contribution in [1.82, 2.24) is 0 Å². The lowest BCUT2D eigenvalue weighted by Gasteiger charge is -2.10. The molecule has 1 aromatic rings. The number of thioether (sulfide) groups is 1. The molecule has 1 atom stereocenters. The Morgan fingerprint density at radius 3 is 2.50 bits per heavy atom. The van der Waals surface area contributed by atoms with E-state index in [-0.39, 0.29) is 6.04 Å². The summed E-state index contributed by atoms with van der Waals surface area (Å²) in [5.41, 5.74) is 7.12. The van der Waals surface area contributed by atoms with Gasteiger partial charge in [0.15, 0.2) is 0 Å². The Hall–Kier alpha value is -0.670. The van der Waals surface area contributed by atoms with E-state index in [1.165, 1.54) is 5.56 Å². The first kappa shape index (κ1) is 13.4. The minimum absolute atomic E-state index is 0.143. The van der Waals surface area contributed by atoms with Gasteiger partial charge < -0.3 is 10.5 Å². The highest BCUT2D eigenvalue weighted by atomic mass is 32.2. The third-order valence-corrected chi connectivity index (χ3v) is 3.31. The summed E-state index contributed by atoms with van der Waals surface area (Å²) in [7, 11) is 0. The van der Waals surface area contributed by atoms with Crippen LogP contribution in [0.1, 0.15) is 31.9 Å². The molecule has 0 aromatic heterocycles. The molecule has 0 bridgehead atoms. The highest BCUT2D eigenvalue weighted by Crippen LogP contribution is 2.18. The van der Waals surface area contributed by atoms with Crippen LogP contribution in [0.2, 0.25) is 0 Å². The van der Waals surface area contributed by atoms with Crippen molar-refractivity contribution in [3.05, 3.63) is 29.8 Å². The summed E-state index contributed by atoms with van der Waals surface area (Å²) in [5, 5.41) is 0. The summed E-state index contributed by atoms with van der Waals surface area (Å²) in [4.78, 5) is 0. The number of hydrogen-bond acceptors (Lipinski definition) is 3. The van der Waals surface area contributed by atoms with Gasteiger partial charge in [0.05, 0.1) is 6.61 Å². The van der Waals surface area contributed by atoms with E-state index in [0.29, 0.717) is 0 Å². The summed E-state index contributed by atoms with van der Waals surface area (Å²) in [6.07, 6.45) is 0.966. The zero-order chi connectivity index (χ0) is 11.8. The number of rotatable bonds is 7. The van der Waals surface area contributed by atoms with Crippen LogP contribution < -0.4 is 10.5 Å². The first-order valence-corrected chi connectivity index (χ1v) is 6.99. The topological polar surface area (TPSA) is 35.2 Å². The standard InChI is InChI=1S/C13H21NOS/c1-3-13(14)11-5-7-12(8-6-11)15-9-10-16-4-2/h5-8,13H,3-4,9-10,14H2,1-2H3. The van der Waals surface area contributed by atoms with Crippen LogP contribution in [-0.2, 0) is 0 Å². The highest BCUT2D eigenvalue weighted by Gasteiger charge is 2.02. The molecule has 16 heavy (non-hydrogen) atoms. The van der Waals surface area contributed by atoms with Gasteiger partial charge in [0.1, 0.15) is 5.75 Å². The molecule has 0 aliphatic rings. The van der Waals surface area contributed by atoms with Crippen LogP contribution in [-0.4, -0.2) is 18.1 Å². The zero-order valence-corrected chi connectivity index (χ0v) is 10.9. The van der Waals surface area contributed by atoms with Gasteiger partial charge in [-0.1, -0.05) is 26.0 Å². The van der Waals surface area contributed by atoms with Crippen molar-refractivity contribution in [2.24, 2.45) is 5.73 Å². The SMILES string of the molecule is CCSCCOc1ccc(C(N)CC)cc1. The van der Waals surface area contributed by atoms with Crippen molar-refractivity contribution in [2.45, 2.75) is 26.3 Å². The number of nitrogens with two attached hydrogens (primary N) is 1. The molecule has 1 rings (SSSR count). The third kappa shape index (κ3) is 4.45. The van der Waals surface area contributed by atoms with Crippen LogP contribution in [0, 0.1) is 0 Å².